The summed E-state index contributed by atoms with van der Waals surface area (Å²) in [7, 11) is 3.22. The summed E-state index contributed by atoms with van der Waals surface area (Å²) in [6, 6.07) is 12.0. The maximum atomic E-state index is 12.3. The van der Waals surface area contributed by atoms with Gasteiger partial charge in [0.1, 0.15) is 0 Å². The summed E-state index contributed by atoms with van der Waals surface area (Å²) in [6.07, 6.45) is 1.09. The average molecular weight is 341 g/mol. The lowest BCUT2D eigenvalue weighted by Crippen LogP contribution is -2.26. The number of benzene rings is 2. The third-order valence-corrected chi connectivity index (χ3v) is 4.50. The minimum atomic E-state index is -0.00259. The van der Waals surface area contributed by atoms with Crippen LogP contribution in [0.1, 0.15) is 41.6 Å². The second-order valence-electron chi connectivity index (χ2n) is 6.32. The Morgan fingerprint density at radius 2 is 1.72 bits per heavy atom. The van der Waals surface area contributed by atoms with Crippen LogP contribution < -0.4 is 14.8 Å². The van der Waals surface area contributed by atoms with E-state index in [4.69, 9.17) is 9.47 Å². The van der Waals surface area contributed by atoms with E-state index in [2.05, 4.69) is 37.4 Å². The lowest BCUT2D eigenvalue weighted by molar-refractivity contribution is -0.121. The second kappa shape index (κ2) is 8.56. The third kappa shape index (κ3) is 4.99. The van der Waals surface area contributed by atoms with Crippen LogP contribution >= 0.6 is 0 Å². The fraction of sp³-hybridized carbons (Fsp3) is 0.381. The monoisotopic (exact) mass is 341 g/mol. The standard InChI is InChI=1S/C21H27NO3/c1-14-6-9-18(12-15(14)2)16(3)22-21(23)11-8-17-7-10-19(24-4)20(13-17)25-5/h6-7,9-10,12-13,16H,8,11H2,1-5H3,(H,22,23)/t16-/m1/s1. The number of ether oxygens (including phenoxy) is 2. The molecule has 0 heterocycles. The molecule has 0 aromatic heterocycles. The molecule has 1 N–H and O–H groups in total. The van der Waals surface area contributed by atoms with E-state index in [9.17, 15) is 4.79 Å². The molecule has 4 heteroatoms. The number of carbonyl (C=O) groups excluding carboxylic acids is 1. The predicted octanol–water partition coefficient (Wildman–Crippen LogP) is 4.13. The van der Waals surface area contributed by atoms with E-state index in [0.29, 0.717) is 24.3 Å². The minimum absolute atomic E-state index is 0.00259. The van der Waals surface area contributed by atoms with Crippen LogP contribution in [-0.4, -0.2) is 20.1 Å². The van der Waals surface area contributed by atoms with Crippen LogP contribution in [0.15, 0.2) is 36.4 Å². The van der Waals surface area contributed by atoms with Gasteiger partial charge in [-0.1, -0.05) is 24.3 Å². The molecule has 2 aromatic rings. The molecule has 0 saturated heterocycles. The Kier molecular flexibility index (Phi) is 6.45. The minimum Gasteiger partial charge on any atom is -0.493 e. The first-order valence-corrected chi connectivity index (χ1v) is 8.52. The van der Waals surface area contributed by atoms with E-state index in [1.165, 1.54) is 11.1 Å². The number of aryl methyl sites for hydroxylation is 3. The molecule has 0 unspecified atom stereocenters. The zero-order valence-corrected chi connectivity index (χ0v) is 15.7. The summed E-state index contributed by atoms with van der Waals surface area (Å²) in [6.45, 7) is 6.19. The third-order valence-electron chi connectivity index (χ3n) is 4.50. The zero-order valence-electron chi connectivity index (χ0n) is 15.7. The number of hydrogen-bond acceptors (Lipinski definition) is 3. The lowest BCUT2D eigenvalue weighted by atomic mass is 10.0. The van der Waals surface area contributed by atoms with Gasteiger partial charge in [-0.2, -0.15) is 0 Å². The van der Waals surface area contributed by atoms with Crippen molar-refractivity contribution in [1.82, 2.24) is 5.32 Å². The van der Waals surface area contributed by atoms with Crippen LogP contribution in [0.3, 0.4) is 0 Å². The Morgan fingerprint density at radius 1 is 1.00 bits per heavy atom. The summed E-state index contributed by atoms with van der Waals surface area (Å²) >= 11 is 0. The van der Waals surface area contributed by atoms with Gasteiger partial charge in [0.05, 0.1) is 20.3 Å². The van der Waals surface area contributed by atoms with Gasteiger partial charge in [-0.15, -0.1) is 0 Å². The Balaban J connectivity index is 1.93. The Hall–Kier alpha value is -2.49. The first kappa shape index (κ1) is 18.8. The molecule has 0 fully saturated rings. The summed E-state index contributed by atoms with van der Waals surface area (Å²) in [4.78, 5) is 12.3. The molecule has 0 radical (unpaired) electrons. The molecule has 0 bridgehead atoms. The molecule has 0 aliphatic carbocycles. The quantitative estimate of drug-likeness (QED) is 0.824. The highest BCUT2D eigenvalue weighted by Crippen LogP contribution is 2.28. The smallest absolute Gasteiger partial charge is 0.220 e. The number of hydrogen-bond donors (Lipinski definition) is 1. The van der Waals surface area contributed by atoms with Crippen molar-refractivity contribution >= 4 is 5.91 Å². The van der Waals surface area contributed by atoms with E-state index in [1.54, 1.807) is 14.2 Å². The number of amides is 1. The van der Waals surface area contributed by atoms with Gasteiger partial charge in [0, 0.05) is 6.42 Å². The van der Waals surface area contributed by atoms with Gasteiger partial charge in [0.25, 0.3) is 0 Å². The molecule has 1 atom stereocenters. The van der Waals surface area contributed by atoms with Crippen molar-refractivity contribution in [2.24, 2.45) is 0 Å². The van der Waals surface area contributed by atoms with Gasteiger partial charge in [-0.25, -0.2) is 0 Å². The molecule has 134 valence electrons. The summed E-state index contributed by atoms with van der Waals surface area (Å²) < 4.78 is 10.5. The zero-order chi connectivity index (χ0) is 18.4. The van der Waals surface area contributed by atoms with Crippen LogP contribution in [0.4, 0.5) is 0 Å². The van der Waals surface area contributed by atoms with Crippen molar-refractivity contribution in [3.05, 3.63) is 58.7 Å². The van der Waals surface area contributed by atoms with Crippen molar-refractivity contribution < 1.29 is 14.3 Å². The Bertz CT molecular complexity index is 740. The number of carbonyl (C=O) groups is 1. The largest absolute Gasteiger partial charge is 0.493 e. The number of rotatable bonds is 7. The van der Waals surface area contributed by atoms with E-state index in [-0.39, 0.29) is 11.9 Å². The first-order valence-electron chi connectivity index (χ1n) is 8.52. The molecule has 4 nitrogen and oxygen atoms in total. The fourth-order valence-electron chi connectivity index (χ4n) is 2.72. The highest BCUT2D eigenvalue weighted by molar-refractivity contribution is 5.76. The van der Waals surface area contributed by atoms with Gasteiger partial charge in [-0.05, 0) is 61.6 Å². The van der Waals surface area contributed by atoms with E-state index < -0.39 is 0 Å². The van der Waals surface area contributed by atoms with Gasteiger partial charge >= 0.3 is 0 Å². The molecular formula is C21H27NO3. The van der Waals surface area contributed by atoms with Gasteiger partial charge in [0.2, 0.25) is 5.91 Å². The second-order valence-corrected chi connectivity index (χ2v) is 6.32. The molecular weight excluding hydrogens is 314 g/mol. The van der Waals surface area contributed by atoms with Crippen molar-refractivity contribution in [1.29, 1.82) is 0 Å². The molecule has 0 spiro atoms. The van der Waals surface area contributed by atoms with Crippen molar-refractivity contribution in [2.75, 3.05) is 14.2 Å². The van der Waals surface area contributed by atoms with Gasteiger partial charge in [-0.3, -0.25) is 4.79 Å². The number of nitrogens with one attached hydrogen (secondary N) is 1. The predicted molar refractivity (Wildman–Crippen MR) is 100 cm³/mol. The van der Waals surface area contributed by atoms with Crippen LogP contribution in [-0.2, 0) is 11.2 Å². The Morgan fingerprint density at radius 3 is 2.36 bits per heavy atom. The van der Waals surface area contributed by atoms with E-state index in [0.717, 1.165) is 11.1 Å². The van der Waals surface area contributed by atoms with E-state index in [1.807, 2.05) is 25.1 Å². The molecule has 0 saturated carbocycles. The highest BCUT2D eigenvalue weighted by Gasteiger charge is 2.11. The summed E-state index contributed by atoms with van der Waals surface area (Å²) in [5.74, 6) is 1.42. The Labute approximate surface area is 150 Å². The maximum Gasteiger partial charge on any atom is 0.220 e. The summed E-state index contributed by atoms with van der Waals surface area (Å²) in [5.41, 5.74) is 4.67. The van der Waals surface area contributed by atoms with Crippen molar-refractivity contribution in [2.45, 2.75) is 39.7 Å². The van der Waals surface area contributed by atoms with E-state index >= 15 is 0 Å². The fourth-order valence-corrected chi connectivity index (χ4v) is 2.72. The molecule has 2 aromatic carbocycles. The normalized spacial score (nSPS) is 11.7. The molecule has 25 heavy (non-hydrogen) atoms. The van der Waals surface area contributed by atoms with Crippen LogP contribution in [0.2, 0.25) is 0 Å². The number of methoxy groups -OCH3 is 2. The summed E-state index contributed by atoms with van der Waals surface area (Å²) in [5, 5.41) is 3.07. The van der Waals surface area contributed by atoms with Crippen LogP contribution in [0.5, 0.6) is 11.5 Å². The van der Waals surface area contributed by atoms with Crippen molar-refractivity contribution in [3.63, 3.8) is 0 Å². The van der Waals surface area contributed by atoms with Crippen molar-refractivity contribution in [3.8, 4) is 11.5 Å². The lowest BCUT2D eigenvalue weighted by Gasteiger charge is -2.16. The first-order chi connectivity index (χ1) is 11.9. The average Bonchev–Trinajstić information content (AvgIpc) is 2.61. The molecule has 0 aliphatic heterocycles. The maximum absolute atomic E-state index is 12.3. The van der Waals surface area contributed by atoms with Crippen LogP contribution in [0, 0.1) is 13.8 Å². The SMILES string of the molecule is COc1ccc(CCC(=O)N[C@H](C)c2ccc(C)c(C)c2)cc1OC. The van der Waals surface area contributed by atoms with Crippen LogP contribution in [0.25, 0.3) is 0 Å². The topological polar surface area (TPSA) is 47.6 Å². The molecule has 2 rings (SSSR count). The van der Waals surface area contributed by atoms with Gasteiger partial charge < -0.3 is 14.8 Å². The molecule has 0 aliphatic rings. The molecule has 1 amide bonds. The highest BCUT2D eigenvalue weighted by atomic mass is 16.5. The van der Waals surface area contributed by atoms with Gasteiger partial charge in [0.15, 0.2) is 11.5 Å².